The van der Waals surface area contributed by atoms with Crippen LogP contribution in [-0.4, -0.2) is 35.7 Å². The Morgan fingerprint density at radius 1 is 1.20 bits per heavy atom. The molecule has 0 aliphatic carbocycles. The van der Waals surface area contributed by atoms with Gasteiger partial charge in [0.25, 0.3) is 5.69 Å². The van der Waals surface area contributed by atoms with Gasteiger partial charge in [0.2, 0.25) is 0 Å². The summed E-state index contributed by atoms with van der Waals surface area (Å²) in [6, 6.07) is 10.9. The lowest BCUT2D eigenvalue weighted by Gasteiger charge is -2.33. The molecule has 1 aliphatic rings. The number of hydrogen-bond donors (Lipinski definition) is 0. The summed E-state index contributed by atoms with van der Waals surface area (Å²) in [4.78, 5) is 16.6. The second-order valence-electron chi connectivity index (χ2n) is 5.82. The van der Waals surface area contributed by atoms with E-state index in [0.29, 0.717) is 6.61 Å². The molecule has 1 aliphatic heterocycles. The first-order valence-corrected chi connectivity index (χ1v) is 8.41. The lowest BCUT2D eigenvalue weighted by atomic mass is 10.1. The number of piperidine rings is 1. The first-order chi connectivity index (χ1) is 12.2. The van der Waals surface area contributed by atoms with E-state index < -0.39 is 4.92 Å². The standard InChI is InChI=1S/C18H21N3O4/c1-2-24-16-5-3-4-6-17(16)25-15-9-11-20(12-10-15)18-8-7-14(13-19-18)21(22)23/h3-8,13,15H,2,9-12H2,1H3. The van der Waals surface area contributed by atoms with Gasteiger partial charge in [-0.1, -0.05) is 12.1 Å². The number of ether oxygens (including phenoxy) is 2. The first-order valence-electron chi connectivity index (χ1n) is 8.41. The molecule has 0 unspecified atom stereocenters. The molecule has 132 valence electrons. The van der Waals surface area contributed by atoms with Crippen molar-refractivity contribution in [3.8, 4) is 11.5 Å². The van der Waals surface area contributed by atoms with Gasteiger partial charge in [-0.3, -0.25) is 10.1 Å². The van der Waals surface area contributed by atoms with Crippen molar-refractivity contribution in [2.75, 3.05) is 24.6 Å². The van der Waals surface area contributed by atoms with Crippen LogP contribution in [-0.2, 0) is 0 Å². The van der Waals surface area contributed by atoms with Gasteiger partial charge in [0, 0.05) is 32.0 Å². The molecule has 7 nitrogen and oxygen atoms in total. The van der Waals surface area contributed by atoms with E-state index in [0.717, 1.165) is 43.2 Å². The molecule has 0 bridgehead atoms. The minimum absolute atomic E-state index is 0.00880. The molecule has 1 fully saturated rings. The molecule has 7 heteroatoms. The molecule has 1 aromatic carbocycles. The zero-order valence-electron chi connectivity index (χ0n) is 14.1. The summed E-state index contributed by atoms with van der Waals surface area (Å²) in [6.07, 6.45) is 3.14. The summed E-state index contributed by atoms with van der Waals surface area (Å²) in [5.41, 5.74) is 0.00880. The summed E-state index contributed by atoms with van der Waals surface area (Å²) < 4.78 is 11.7. The van der Waals surface area contributed by atoms with Crippen LogP contribution in [0, 0.1) is 10.1 Å². The maximum absolute atomic E-state index is 10.7. The van der Waals surface area contributed by atoms with Crippen LogP contribution in [0.3, 0.4) is 0 Å². The number of para-hydroxylation sites is 2. The van der Waals surface area contributed by atoms with E-state index in [1.807, 2.05) is 31.2 Å². The SMILES string of the molecule is CCOc1ccccc1OC1CCN(c2ccc([N+](=O)[O-])cn2)CC1. The van der Waals surface area contributed by atoms with Crippen molar-refractivity contribution in [2.24, 2.45) is 0 Å². The highest BCUT2D eigenvalue weighted by atomic mass is 16.6. The van der Waals surface area contributed by atoms with Crippen molar-refractivity contribution in [3.63, 3.8) is 0 Å². The molecule has 25 heavy (non-hydrogen) atoms. The number of pyridine rings is 1. The highest BCUT2D eigenvalue weighted by Gasteiger charge is 2.22. The Morgan fingerprint density at radius 2 is 1.92 bits per heavy atom. The summed E-state index contributed by atoms with van der Waals surface area (Å²) in [6.45, 7) is 4.15. The van der Waals surface area contributed by atoms with Crippen LogP contribution in [0.15, 0.2) is 42.6 Å². The van der Waals surface area contributed by atoms with Crippen LogP contribution in [0.2, 0.25) is 0 Å². The number of benzene rings is 1. The summed E-state index contributed by atoms with van der Waals surface area (Å²) in [7, 11) is 0. The monoisotopic (exact) mass is 343 g/mol. The summed E-state index contributed by atoms with van der Waals surface area (Å²) in [5.74, 6) is 2.31. The number of rotatable bonds is 6. The normalized spacial score (nSPS) is 15.0. The van der Waals surface area contributed by atoms with Gasteiger partial charge in [0.05, 0.1) is 11.5 Å². The van der Waals surface area contributed by atoms with E-state index in [1.54, 1.807) is 6.07 Å². The number of nitrogens with zero attached hydrogens (tertiary/aromatic N) is 3. The van der Waals surface area contributed by atoms with E-state index in [2.05, 4.69) is 9.88 Å². The van der Waals surface area contributed by atoms with Gasteiger partial charge in [-0.05, 0) is 25.1 Å². The van der Waals surface area contributed by atoms with E-state index in [-0.39, 0.29) is 11.8 Å². The topological polar surface area (TPSA) is 77.7 Å². The fourth-order valence-corrected chi connectivity index (χ4v) is 2.88. The fourth-order valence-electron chi connectivity index (χ4n) is 2.88. The summed E-state index contributed by atoms with van der Waals surface area (Å²) >= 11 is 0. The highest BCUT2D eigenvalue weighted by molar-refractivity contribution is 5.43. The second kappa shape index (κ2) is 7.83. The van der Waals surface area contributed by atoms with Crippen LogP contribution in [0.1, 0.15) is 19.8 Å². The first kappa shape index (κ1) is 17.0. The molecule has 1 saturated heterocycles. The number of aromatic nitrogens is 1. The molecule has 3 rings (SSSR count). The summed E-state index contributed by atoms with van der Waals surface area (Å²) in [5, 5.41) is 10.7. The lowest BCUT2D eigenvalue weighted by Crippen LogP contribution is -2.38. The quantitative estimate of drug-likeness (QED) is 0.591. The van der Waals surface area contributed by atoms with Crippen molar-refractivity contribution >= 4 is 11.5 Å². The third-order valence-corrected chi connectivity index (χ3v) is 4.15. The van der Waals surface area contributed by atoms with Gasteiger partial charge in [-0.15, -0.1) is 0 Å². The molecule has 2 aromatic rings. The number of anilines is 1. The average Bonchev–Trinajstić information content (AvgIpc) is 2.64. The van der Waals surface area contributed by atoms with Crippen molar-refractivity contribution in [3.05, 3.63) is 52.7 Å². The van der Waals surface area contributed by atoms with Crippen LogP contribution < -0.4 is 14.4 Å². The van der Waals surface area contributed by atoms with Crippen LogP contribution in [0.5, 0.6) is 11.5 Å². The predicted molar refractivity (Wildman–Crippen MR) is 94.4 cm³/mol. The molecule has 0 radical (unpaired) electrons. The molecule has 0 saturated carbocycles. The smallest absolute Gasteiger partial charge is 0.287 e. The lowest BCUT2D eigenvalue weighted by molar-refractivity contribution is -0.385. The van der Waals surface area contributed by atoms with Crippen molar-refractivity contribution in [1.29, 1.82) is 0 Å². The van der Waals surface area contributed by atoms with Gasteiger partial charge < -0.3 is 14.4 Å². The Hall–Kier alpha value is -2.83. The molecule has 1 aromatic heterocycles. The molecule has 0 atom stereocenters. The zero-order valence-corrected chi connectivity index (χ0v) is 14.1. The minimum atomic E-state index is -0.438. The van der Waals surface area contributed by atoms with Gasteiger partial charge in [-0.25, -0.2) is 4.98 Å². The largest absolute Gasteiger partial charge is 0.490 e. The van der Waals surface area contributed by atoms with E-state index >= 15 is 0 Å². The Bertz CT molecular complexity index is 713. The van der Waals surface area contributed by atoms with Gasteiger partial charge in [-0.2, -0.15) is 0 Å². The second-order valence-corrected chi connectivity index (χ2v) is 5.82. The molecular weight excluding hydrogens is 322 g/mol. The zero-order chi connectivity index (χ0) is 17.6. The minimum Gasteiger partial charge on any atom is -0.490 e. The highest BCUT2D eigenvalue weighted by Crippen LogP contribution is 2.30. The number of nitro groups is 1. The van der Waals surface area contributed by atoms with Crippen LogP contribution >= 0.6 is 0 Å². The Labute approximate surface area is 146 Å². The maximum atomic E-state index is 10.7. The van der Waals surface area contributed by atoms with Crippen molar-refractivity contribution < 1.29 is 14.4 Å². The van der Waals surface area contributed by atoms with E-state index in [4.69, 9.17) is 9.47 Å². The Kier molecular flexibility index (Phi) is 5.33. The van der Waals surface area contributed by atoms with Gasteiger partial charge in [0.1, 0.15) is 18.1 Å². The van der Waals surface area contributed by atoms with Crippen LogP contribution in [0.25, 0.3) is 0 Å². The molecule has 2 heterocycles. The Balaban J connectivity index is 1.58. The third-order valence-electron chi connectivity index (χ3n) is 4.15. The molecule has 0 spiro atoms. The third kappa shape index (κ3) is 4.17. The average molecular weight is 343 g/mol. The van der Waals surface area contributed by atoms with Gasteiger partial charge in [0.15, 0.2) is 11.5 Å². The van der Waals surface area contributed by atoms with Crippen molar-refractivity contribution in [1.82, 2.24) is 4.98 Å². The van der Waals surface area contributed by atoms with E-state index in [1.165, 1.54) is 12.3 Å². The maximum Gasteiger partial charge on any atom is 0.287 e. The molecule has 0 amide bonds. The fraction of sp³-hybridized carbons (Fsp3) is 0.389. The van der Waals surface area contributed by atoms with Crippen LogP contribution in [0.4, 0.5) is 11.5 Å². The molecular formula is C18H21N3O4. The van der Waals surface area contributed by atoms with Gasteiger partial charge >= 0.3 is 0 Å². The van der Waals surface area contributed by atoms with E-state index in [9.17, 15) is 10.1 Å². The predicted octanol–water partition coefficient (Wildman–Crippen LogP) is 3.44. The van der Waals surface area contributed by atoms with Crippen molar-refractivity contribution in [2.45, 2.75) is 25.9 Å². The Morgan fingerprint density at radius 3 is 2.52 bits per heavy atom. The number of hydrogen-bond acceptors (Lipinski definition) is 6. The molecule has 0 N–H and O–H groups in total.